The molecule has 228 valence electrons. The number of halogens is 2. The highest BCUT2D eigenvalue weighted by Crippen LogP contribution is 2.56. The summed E-state index contributed by atoms with van der Waals surface area (Å²) in [6, 6.07) is 37.1. The zero-order valence-corrected chi connectivity index (χ0v) is 25.7. The molecule has 0 radical (unpaired) electrons. The minimum absolute atomic E-state index is 0.132. The Morgan fingerprint density at radius 1 is 0.489 bits per heavy atom. The van der Waals surface area contributed by atoms with Crippen LogP contribution in [-0.2, 0) is 26.4 Å². The molecule has 1 aliphatic rings. The molecule has 0 spiro atoms. The van der Waals surface area contributed by atoms with Crippen LogP contribution in [-0.4, -0.2) is 16.8 Å². The maximum absolute atomic E-state index is 13.2. The topological polar surface area (TPSA) is 86.7 Å². The second-order valence-electron chi connectivity index (χ2n) is 10.2. The van der Waals surface area contributed by atoms with Gasteiger partial charge in [-0.25, -0.2) is 0 Å². The lowest BCUT2D eigenvalue weighted by Gasteiger charge is -2.34. The van der Waals surface area contributed by atoms with Crippen LogP contribution < -0.4 is 8.37 Å². The molecule has 0 N–H and O–H groups in total. The molecule has 0 saturated heterocycles. The van der Waals surface area contributed by atoms with E-state index in [0.717, 1.165) is 44.2 Å². The van der Waals surface area contributed by atoms with Gasteiger partial charge >= 0.3 is 21.0 Å². The van der Waals surface area contributed by atoms with Crippen LogP contribution in [0.4, 0.5) is 7.77 Å². The van der Waals surface area contributed by atoms with Gasteiger partial charge in [-0.15, -0.1) is 0 Å². The standard InChI is InChI=1S/C33H20F2O6S2.C2H6/c34-42(36,37)40-27-15-11-21-17-25(13-9-23(21)19-27)33(31-7-3-1-5-29(31)30-6-2-4-8-32(30)33)26-14-10-24-20-28(41-43(35,38)39)16-12-22(24)18-26;1-2/h1-20H;1-2H3. The smallest absolute Gasteiger partial charge is 0.358 e. The summed E-state index contributed by atoms with van der Waals surface area (Å²) in [6.07, 6.45) is 0. The van der Waals surface area contributed by atoms with Gasteiger partial charge in [-0.05, 0) is 91.3 Å². The van der Waals surface area contributed by atoms with Crippen LogP contribution in [0.1, 0.15) is 36.1 Å². The van der Waals surface area contributed by atoms with E-state index >= 15 is 0 Å². The SMILES string of the molecule is CC.O=S(=O)(F)Oc1ccc2cc(C3(c4ccc5cc(OS(=O)(=O)F)ccc5c4)c4ccccc4-c4ccccc43)ccc2c1. The highest BCUT2D eigenvalue weighted by atomic mass is 32.3. The van der Waals surface area contributed by atoms with Gasteiger partial charge in [0.1, 0.15) is 11.5 Å². The third-order valence-corrected chi connectivity index (χ3v) is 8.62. The number of rotatable bonds is 6. The monoisotopic (exact) mass is 644 g/mol. The molecule has 10 heteroatoms. The zero-order chi connectivity index (χ0) is 32.0. The quantitative estimate of drug-likeness (QED) is 0.169. The Morgan fingerprint density at radius 3 is 1.24 bits per heavy atom. The molecule has 0 aliphatic heterocycles. The van der Waals surface area contributed by atoms with Crippen molar-refractivity contribution in [3.63, 3.8) is 0 Å². The molecule has 6 aromatic rings. The van der Waals surface area contributed by atoms with E-state index in [-0.39, 0.29) is 11.5 Å². The second-order valence-corrected chi connectivity index (χ2v) is 12.1. The van der Waals surface area contributed by atoms with Gasteiger partial charge in [0.05, 0.1) is 5.41 Å². The molecule has 45 heavy (non-hydrogen) atoms. The largest absolute Gasteiger partial charge is 0.488 e. The molecule has 0 heterocycles. The van der Waals surface area contributed by atoms with E-state index in [0.29, 0.717) is 10.8 Å². The van der Waals surface area contributed by atoms with Gasteiger partial charge in [0.25, 0.3) is 0 Å². The molecular weight excluding hydrogens is 619 g/mol. The predicted molar refractivity (Wildman–Crippen MR) is 171 cm³/mol. The molecule has 0 aromatic heterocycles. The van der Waals surface area contributed by atoms with Crippen molar-refractivity contribution in [3.05, 3.63) is 144 Å². The molecule has 0 unspecified atom stereocenters. The van der Waals surface area contributed by atoms with Crippen LogP contribution in [0.2, 0.25) is 0 Å². The number of hydrogen-bond acceptors (Lipinski definition) is 6. The predicted octanol–water partition coefficient (Wildman–Crippen LogP) is 8.57. The van der Waals surface area contributed by atoms with Crippen molar-refractivity contribution in [3.8, 4) is 22.6 Å². The summed E-state index contributed by atoms with van der Waals surface area (Å²) in [6.45, 7) is 4.00. The molecule has 7 rings (SSSR count). The molecule has 1 aliphatic carbocycles. The van der Waals surface area contributed by atoms with E-state index in [4.69, 9.17) is 0 Å². The lowest BCUT2D eigenvalue weighted by atomic mass is 9.67. The number of benzene rings is 6. The van der Waals surface area contributed by atoms with Gasteiger partial charge in [0.15, 0.2) is 0 Å². The summed E-state index contributed by atoms with van der Waals surface area (Å²) in [4.78, 5) is 0. The van der Waals surface area contributed by atoms with Crippen molar-refractivity contribution < 1.29 is 33.0 Å². The van der Waals surface area contributed by atoms with E-state index in [1.165, 1.54) is 24.3 Å². The van der Waals surface area contributed by atoms with Crippen LogP contribution in [0.5, 0.6) is 11.5 Å². The van der Waals surface area contributed by atoms with Crippen molar-refractivity contribution in [2.24, 2.45) is 0 Å². The van der Waals surface area contributed by atoms with Crippen molar-refractivity contribution in [2.45, 2.75) is 19.3 Å². The molecule has 0 atom stereocenters. The average molecular weight is 645 g/mol. The fraction of sp³-hybridized carbons (Fsp3) is 0.0857. The van der Waals surface area contributed by atoms with Gasteiger partial charge < -0.3 is 8.37 Å². The Labute approximate surface area is 260 Å². The van der Waals surface area contributed by atoms with E-state index < -0.39 is 26.4 Å². The summed E-state index contributed by atoms with van der Waals surface area (Å²) < 4.78 is 79.3. The third-order valence-electron chi connectivity index (χ3n) is 7.83. The fourth-order valence-corrected chi connectivity index (χ4v) is 6.94. The van der Waals surface area contributed by atoms with Gasteiger partial charge in [-0.2, -0.15) is 16.8 Å². The Bertz CT molecular complexity index is 2150. The maximum atomic E-state index is 13.2. The van der Waals surface area contributed by atoms with Gasteiger partial charge in [0.2, 0.25) is 0 Å². The van der Waals surface area contributed by atoms with Crippen LogP contribution >= 0.6 is 0 Å². The highest BCUT2D eigenvalue weighted by Gasteiger charge is 2.46. The third kappa shape index (κ3) is 5.51. The Morgan fingerprint density at radius 2 is 0.844 bits per heavy atom. The van der Waals surface area contributed by atoms with E-state index in [2.05, 4.69) is 32.6 Å². The molecule has 6 nitrogen and oxygen atoms in total. The fourth-order valence-electron chi connectivity index (χ4n) is 6.27. The molecule has 0 saturated carbocycles. The first-order valence-corrected chi connectivity index (χ1v) is 16.7. The van der Waals surface area contributed by atoms with Crippen molar-refractivity contribution in [1.29, 1.82) is 0 Å². The van der Waals surface area contributed by atoms with Crippen LogP contribution in [0.3, 0.4) is 0 Å². The van der Waals surface area contributed by atoms with Crippen molar-refractivity contribution in [2.75, 3.05) is 0 Å². The van der Waals surface area contributed by atoms with Crippen molar-refractivity contribution >= 4 is 42.6 Å². The van der Waals surface area contributed by atoms with Crippen LogP contribution in [0, 0.1) is 0 Å². The average Bonchev–Trinajstić information content (AvgIpc) is 3.31. The summed E-state index contributed by atoms with van der Waals surface area (Å²) in [5, 5.41) is 2.90. The zero-order valence-electron chi connectivity index (χ0n) is 24.1. The molecule has 0 amide bonds. The second kappa shape index (κ2) is 11.3. The van der Waals surface area contributed by atoms with Gasteiger partial charge in [-0.3, -0.25) is 0 Å². The molecule has 0 fully saturated rings. The highest BCUT2D eigenvalue weighted by molar-refractivity contribution is 7.82. The first kappa shape index (κ1) is 30.2. The number of fused-ring (bicyclic) bond motifs is 5. The summed E-state index contributed by atoms with van der Waals surface area (Å²) in [7, 11) is -10.3. The van der Waals surface area contributed by atoms with Crippen LogP contribution in [0.25, 0.3) is 32.7 Å². The van der Waals surface area contributed by atoms with Gasteiger partial charge in [0, 0.05) is 0 Å². The van der Waals surface area contributed by atoms with Gasteiger partial charge in [-0.1, -0.05) is 107 Å². The first-order chi connectivity index (χ1) is 21.5. The molecular formula is C35H26F2O6S2. The van der Waals surface area contributed by atoms with Crippen LogP contribution in [0.15, 0.2) is 121 Å². The van der Waals surface area contributed by atoms with E-state index in [9.17, 15) is 24.6 Å². The lowest BCUT2D eigenvalue weighted by Crippen LogP contribution is -2.28. The Kier molecular flexibility index (Phi) is 7.58. The minimum Gasteiger partial charge on any atom is -0.358 e. The summed E-state index contributed by atoms with van der Waals surface area (Å²) in [5.41, 5.74) is 5.37. The van der Waals surface area contributed by atoms with Crippen molar-refractivity contribution in [1.82, 2.24) is 0 Å². The summed E-state index contributed by atoms with van der Waals surface area (Å²) in [5.74, 6) is -0.264. The van der Waals surface area contributed by atoms with E-state index in [1.807, 2.05) is 74.5 Å². The van der Waals surface area contributed by atoms with E-state index in [1.54, 1.807) is 12.1 Å². The normalized spacial score (nSPS) is 13.4. The first-order valence-electron chi connectivity index (χ1n) is 14.1. The molecule has 6 aromatic carbocycles. The molecule has 0 bridgehead atoms. The maximum Gasteiger partial charge on any atom is 0.488 e. The Balaban J connectivity index is 0.00000175. The lowest BCUT2D eigenvalue weighted by molar-refractivity contribution is 0.438. The minimum atomic E-state index is -5.17. The number of hydrogen-bond donors (Lipinski definition) is 0. The Hall–Kier alpha value is -4.80. The summed E-state index contributed by atoms with van der Waals surface area (Å²) >= 11 is 0.